The normalized spacial score (nSPS) is 13.9. The highest BCUT2D eigenvalue weighted by atomic mass is 32.1. The summed E-state index contributed by atoms with van der Waals surface area (Å²) in [5, 5.41) is 12.6. The van der Waals surface area contributed by atoms with E-state index in [1.165, 1.54) is 196 Å². The summed E-state index contributed by atoms with van der Waals surface area (Å²) in [5.41, 5.74) is 34.3. The fraction of sp³-hybridized carbons (Fsp3) is 0.157. The number of hydrogen-bond donors (Lipinski definition) is 0. The summed E-state index contributed by atoms with van der Waals surface area (Å²) in [6, 6.07) is 150. The van der Waals surface area contributed by atoms with Gasteiger partial charge in [0, 0.05) is 88.4 Å². The van der Waals surface area contributed by atoms with Crippen LogP contribution < -0.4 is 88.7 Å². The van der Waals surface area contributed by atoms with Crippen LogP contribution in [-0.4, -0.2) is 29.6 Å². The van der Waals surface area contributed by atoms with E-state index in [-0.39, 0.29) is 13.4 Å². The minimum Gasteiger partial charge on any atom is -0.312 e. The zero-order valence-corrected chi connectivity index (χ0v) is 79.7. The van der Waals surface area contributed by atoms with Crippen LogP contribution in [-0.2, 0) is 0 Å². The number of thiophene rings is 1. The predicted octanol–water partition coefficient (Wildman–Crippen LogP) is 24.8. The highest BCUT2D eigenvalue weighted by Gasteiger charge is 2.50. The molecule has 130 heavy (non-hydrogen) atoms. The Hall–Kier alpha value is -13.3. The van der Waals surface area contributed by atoms with E-state index < -0.39 is 16.1 Å². The molecular formula is C121H110B2N4SSi2. The van der Waals surface area contributed by atoms with E-state index in [2.05, 4.69) is 504 Å². The molecule has 17 aromatic carbocycles. The van der Waals surface area contributed by atoms with Gasteiger partial charge in [0.15, 0.2) is 16.1 Å². The zero-order valence-electron chi connectivity index (χ0n) is 76.8. The van der Waals surface area contributed by atoms with Crippen molar-refractivity contribution in [2.75, 3.05) is 19.6 Å². The molecule has 5 heterocycles. The molecular weight excluding hydrogens is 1620 g/mol. The van der Waals surface area contributed by atoms with E-state index in [1.54, 1.807) is 0 Å². The van der Waals surface area contributed by atoms with Crippen molar-refractivity contribution < 1.29 is 0 Å². The van der Waals surface area contributed by atoms with Crippen LogP contribution in [0.1, 0.15) is 152 Å². The summed E-state index contributed by atoms with van der Waals surface area (Å²) in [5.74, 6) is 2.42. The molecule has 0 saturated carbocycles. The minimum atomic E-state index is -2.69. The molecule has 0 bridgehead atoms. The van der Waals surface area contributed by atoms with Gasteiger partial charge in [0.25, 0.3) is 0 Å². The van der Waals surface area contributed by atoms with E-state index in [0.29, 0.717) is 35.5 Å². The van der Waals surface area contributed by atoms with Gasteiger partial charge in [-0.1, -0.05) is 392 Å². The van der Waals surface area contributed by atoms with Gasteiger partial charge in [0.1, 0.15) is 0 Å². The Balaban J connectivity index is 0.000000158. The van der Waals surface area contributed by atoms with Crippen LogP contribution in [0.5, 0.6) is 0 Å². The average molecular weight is 1730 g/mol. The van der Waals surface area contributed by atoms with Gasteiger partial charge in [-0.3, -0.25) is 0 Å². The van der Waals surface area contributed by atoms with Crippen LogP contribution >= 0.6 is 11.3 Å². The Bertz CT molecular complexity index is 7120. The molecule has 0 spiro atoms. The number of fused-ring (bicyclic) bond motifs is 11. The molecule has 0 unspecified atom stereocenters. The molecule has 4 nitrogen and oxygen atoms in total. The maximum atomic E-state index is 2.57. The molecule has 0 radical (unpaired) electrons. The number of anilines is 12. The fourth-order valence-corrected chi connectivity index (χ4v) is 32.7. The third kappa shape index (κ3) is 13.9. The molecule has 0 N–H and O–H groups in total. The quantitative estimate of drug-likeness (QED) is 0.0894. The molecule has 0 atom stereocenters. The van der Waals surface area contributed by atoms with Crippen molar-refractivity contribution in [2.24, 2.45) is 0 Å². The van der Waals surface area contributed by atoms with Crippen LogP contribution in [0.25, 0.3) is 31.3 Å². The van der Waals surface area contributed by atoms with Crippen molar-refractivity contribution in [1.29, 1.82) is 0 Å². The average Bonchev–Trinajstić information content (AvgIpc) is 0.854. The molecule has 4 aliphatic heterocycles. The van der Waals surface area contributed by atoms with Gasteiger partial charge in [-0.05, 0) is 241 Å². The Morgan fingerprint density at radius 2 is 0.554 bits per heavy atom. The number of para-hydroxylation sites is 8. The molecule has 1 aromatic heterocycles. The van der Waals surface area contributed by atoms with Crippen LogP contribution in [0.15, 0.2) is 394 Å². The predicted molar refractivity (Wildman–Crippen MR) is 571 cm³/mol. The van der Waals surface area contributed by atoms with E-state index in [9.17, 15) is 0 Å². The van der Waals surface area contributed by atoms with Crippen LogP contribution in [0.4, 0.5) is 68.2 Å². The number of nitrogens with zero attached hydrogens (tertiary/aromatic N) is 4. The first kappa shape index (κ1) is 83.6. The fourth-order valence-electron chi connectivity index (χ4n) is 22.3. The second-order valence-electron chi connectivity index (χ2n) is 38.2. The third-order valence-corrected chi connectivity index (χ3v) is 39.1. The van der Waals surface area contributed by atoms with E-state index in [4.69, 9.17) is 0 Å². The molecule has 9 heteroatoms. The Morgan fingerprint density at radius 3 is 0.992 bits per heavy atom. The van der Waals surface area contributed by atoms with Gasteiger partial charge < -0.3 is 19.6 Å². The lowest BCUT2D eigenvalue weighted by molar-refractivity contribution is 0.812. The summed E-state index contributed by atoms with van der Waals surface area (Å²) in [7, 11) is -4.99. The summed E-state index contributed by atoms with van der Waals surface area (Å²) >= 11 is 1.94. The Labute approximate surface area is 776 Å². The van der Waals surface area contributed by atoms with E-state index in [0.717, 1.165) is 5.69 Å². The molecule has 0 aliphatic carbocycles. The summed E-state index contributed by atoms with van der Waals surface area (Å²) in [6.45, 7) is 31.1. The van der Waals surface area contributed by atoms with Gasteiger partial charge in [-0.2, -0.15) is 0 Å². The van der Waals surface area contributed by atoms with Gasteiger partial charge in [-0.15, -0.1) is 11.3 Å². The second kappa shape index (κ2) is 34.0. The molecule has 4 aliphatic rings. The van der Waals surface area contributed by atoms with Crippen molar-refractivity contribution in [3.8, 4) is 11.1 Å². The number of hydrogen-bond acceptors (Lipinski definition) is 5. The Kier molecular flexibility index (Phi) is 21.9. The van der Waals surface area contributed by atoms with Crippen LogP contribution in [0.3, 0.4) is 0 Å². The highest BCUT2D eigenvalue weighted by molar-refractivity contribution is 7.26. The maximum Gasteiger partial charge on any atom is 0.247 e. The van der Waals surface area contributed by atoms with Crippen molar-refractivity contribution >= 4 is 198 Å². The van der Waals surface area contributed by atoms with Crippen molar-refractivity contribution in [1.82, 2.24) is 0 Å². The largest absolute Gasteiger partial charge is 0.312 e. The molecule has 22 rings (SSSR count). The number of benzene rings is 17. The number of rotatable bonds is 16. The lowest BCUT2D eigenvalue weighted by Gasteiger charge is -2.45. The van der Waals surface area contributed by atoms with Gasteiger partial charge in [0.2, 0.25) is 13.4 Å². The molecule has 0 amide bonds. The SMILES string of the molecule is CC(C)c1cc(C(C)C)c(B2c3ccccc3N(c3ccccc3)c3cc(-c4ccc(N5c6ccccc6[Si](c6ccccc6)(c6ccccc6)c6ccccc65)cc4)ccc32)c(C(C)C)c1.CC(C)c1cc(C(C)C)c(B2c3ccccc3N(c3ccccc3)c3cc4c(cc32)sc2cc(N3c5ccccc5[Si](C)(c5ccccc5)c5ccccc53)ccc24)c(C(C)C)c1. The van der Waals surface area contributed by atoms with Gasteiger partial charge >= 0.3 is 0 Å². The lowest BCUT2D eigenvalue weighted by Crippen LogP contribution is -2.77. The van der Waals surface area contributed by atoms with Gasteiger partial charge in [-0.25, -0.2) is 0 Å². The lowest BCUT2D eigenvalue weighted by atomic mass is 9.33. The first-order valence-electron chi connectivity index (χ1n) is 47.0. The van der Waals surface area contributed by atoms with E-state index in [1.807, 2.05) is 11.3 Å². The van der Waals surface area contributed by atoms with Crippen LogP contribution in [0.2, 0.25) is 6.55 Å². The molecule has 0 saturated heterocycles. The van der Waals surface area contributed by atoms with Crippen LogP contribution in [0, 0.1) is 0 Å². The van der Waals surface area contributed by atoms with E-state index >= 15 is 0 Å². The topological polar surface area (TPSA) is 13.0 Å². The van der Waals surface area contributed by atoms with Crippen molar-refractivity contribution in [2.45, 2.75) is 125 Å². The Morgan fingerprint density at radius 1 is 0.231 bits per heavy atom. The first-order valence-corrected chi connectivity index (χ1v) is 52.3. The summed E-state index contributed by atoms with van der Waals surface area (Å²) < 4.78 is 2.64. The summed E-state index contributed by atoms with van der Waals surface area (Å²) in [6.07, 6.45) is 0. The zero-order chi connectivity index (χ0) is 89.0. The standard InChI is InChI=1S/C63H57BN2Si.C58H53BN2SSi/c1-43(2)48-40-53(44(3)4)63(54(41-48)45(5)6)64-55-28-16-17-29-57(55)65(49-22-10-7-11-23-49)60-42-47(36-39-56(60)64)46-34-37-50(38-35-46)66-58-30-18-20-32-61(58)67(51-24-12-8-13-25-51,52-26-14-9-15-27-52)62-33-21-19-31-59(62)66;1-37(2)40-32-45(38(3)4)58(46(33-40)39(5)6)59-48-24-14-15-25-50(48)60(41-20-10-8-11-21-41)53-35-47-44-31-30-42(34-54(44)62-55(47)36-49(53)59)61-51-26-16-18-28-56(51)63(7,43-22-12-9-13-23-43)57-29-19-17-27-52(57)61/h7-45H,1-6H3;8-39H,1-7H3. The van der Waals surface area contributed by atoms with Crippen molar-refractivity contribution in [3.63, 3.8) is 0 Å². The molecule has 634 valence electrons. The first-order chi connectivity index (χ1) is 63.4. The third-order valence-electron chi connectivity index (χ3n) is 28.6. The monoisotopic (exact) mass is 1730 g/mol. The second-order valence-corrected chi connectivity index (χ2v) is 46.9. The minimum absolute atomic E-state index is 0.0836. The molecule has 0 fully saturated rings. The smallest absolute Gasteiger partial charge is 0.247 e. The van der Waals surface area contributed by atoms with Gasteiger partial charge in [0.05, 0.1) is 0 Å². The highest BCUT2D eigenvalue weighted by Crippen LogP contribution is 2.48. The maximum absolute atomic E-state index is 2.69. The molecule has 18 aromatic rings. The van der Waals surface area contributed by atoms with Crippen molar-refractivity contribution in [3.05, 3.63) is 428 Å². The summed E-state index contributed by atoms with van der Waals surface area (Å²) in [4.78, 5) is 10.1.